The maximum Gasteiger partial charge on any atom is 0.0488 e. The van der Waals surface area contributed by atoms with Gasteiger partial charge in [-0.15, -0.1) is 0 Å². The van der Waals surface area contributed by atoms with Crippen molar-refractivity contribution >= 4 is 10.8 Å². The lowest BCUT2D eigenvalue weighted by molar-refractivity contribution is 0.161. The monoisotopic (exact) mass is 282 g/mol. The van der Waals surface area contributed by atoms with Gasteiger partial charge in [-0.2, -0.15) is 0 Å². The summed E-state index contributed by atoms with van der Waals surface area (Å²) >= 11 is 0. The van der Waals surface area contributed by atoms with Crippen LogP contribution in [0.4, 0.5) is 0 Å². The number of hydrogen-bond acceptors (Lipinski definition) is 2. The number of fused-ring (bicyclic) bond motifs is 1. The summed E-state index contributed by atoms with van der Waals surface area (Å²) in [4.78, 5) is 0. The van der Waals surface area contributed by atoms with E-state index in [1.54, 1.807) is 0 Å². The zero-order valence-electron chi connectivity index (χ0n) is 13.1. The number of nitrogens with one attached hydrogen (secondary N) is 1. The Bertz CT molecular complexity index is 608. The van der Waals surface area contributed by atoms with Crippen molar-refractivity contribution in [1.29, 1.82) is 0 Å². The smallest absolute Gasteiger partial charge is 0.0488 e. The van der Waals surface area contributed by atoms with Gasteiger partial charge in [-0.3, -0.25) is 11.3 Å². The van der Waals surface area contributed by atoms with Crippen LogP contribution in [0.5, 0.6) is 0 Å². The molecular weight excluding hydrogens is 256 g/mol. The summed E-state index contributed by atoms with van der Waals surface area (Å²) < 4.78 is 0. The molecule has 1 aliphatic carbocycles. The van der Waals surface area contributed by atoms with E-state index in [0.29, 0.717) is 11.3 Å². The highest BCUT2D eigenvalue weighted by molar-refractivity contribution is 5.83. The zero-order chi connectivity index (χ0) is 14.9. The maximum atomic E-state index is 5.90. The Kier molecular flexibility index (Phi) is 4.01. The minimum Gasteiger partial charge on any atom is -0.271 e. The van der Waals surface area contributed by atoms with Crippen LogP contribution in [0.1, 0.15) is 51.1 Å². The second-order valence-corrected chi connectivity index (χ2v) is 7.25. The van der Waals surface area contributed by atoms with E-state index in [1.807, 2.05) is 0 Å². The van der Waals surface area contributed by atoms with Gasteiger partial charge in [0.05, 0.1) is 0 Å². The molecule has 1 fully saturated rings. The van der Waals surface area contributed by atoms with Crippen LogP contribution in [0.2, 0.25) is 0 Å². The maximum absolute atomic E-state index is 5.90. The molecule has 0 bridgehead atoms. The highest BCUT2D eigenvalue weighted by Gasteiger charge is 2.31. The molecule has 2 aromatic rings. The minimum atomic E-state index is 0.269. The summed E-state index contributed by atoms with van der Waals surface area (Å²) in [5.74, 6) is 6.54. The molecule has 1 saturated carbocycles. The Hall–Kier alpha value is -1.38. The van der Waals surface area contributed by atoms with E-state index < -0.39 is 0 Å². The second kappa shape index (κ2) is 5.78. The molecule has 3 rings (SSSR count). The molecule has 0 heterocycles. The molecule has 1 aliphatic rings. The first-order chi connectivity index (χ1) is 10.1. The van der Waals surface area contributed by atoms with Gasteiger partial charge in [0.15, 0.2) is 0 Å². The average molecular weight is 282 g/mol. The number of hydrazine groups is 1. The van der Waals surface area contributed by atoms with Gasteiger partial charge in [0.2, 0.25) is 0 Å². The Labute approximate surface area is 127 Å². The first-order valence-corrected chi connectivity index (χ1v) is 8.04. The highest BCUT2D eigenvalue weighted by Crippen LogP contribution is 2.42. The number of benzene rings is 2. The van der Waals surface area contributed by atoms with Crippen LogP contribution in [0.15, 0.2) is 42.5 Å². The van der Waals surface area contributed by atoms with Crippen LogP contribution in [0.25, 0.3) is 10.8 Å². The molecule has 0 spiro atoms. The van der Waals surface area contributed by atoms with E-state index in [1.165, 1.54) is 42.0 Å². The lowest BCUT2D eigenvalue weighted by atomic mass is 9.70. The van der Waals surface area contributed by atoms with Crippen LogP contribution >= 0.6 is 0 Å². The third-order valence-corrected chi connectivity index (χ3v) is 5.17. The summed E-state index contributed by atoms with van der Waals surface area (Å²) in [6, 6.07) is 15.5. The van der Waals surface area contributed by atoms with Gasteiger partial charge in [-0.05, 0) is 59.4 Å². The predicted octanol–water partition coefficient (Wildman–Crippen LogP) is 4.56. The van der Waals surface area contributed by atoms with E-state index in [4.69, 9.17) is 5.84 Å². The molecule has 1 atom stereocenters. The van der Waals surface area contributed by atoms with E-state index in [0.717, 1.165) is 0 Å². The van der Waals surface area contributed by atoms with Crippen molar-refractivity contribution in [3.8, 4) is 0 Å². The lowest BCUT2D eigenvalue weighted by Gasteiger charge is -2.38. The molecule has 0 saturated heterocycles. The van der Waals surface area contributed by atoms with Crippen LogP contribution in [-0.4, -0.2) is 0 Å². The van der Waals surface area contributed by atoms with Crippen molar-refractivity contribution in [2.45, 2.75) is 45.6 Å². The summed E-state index contributed by atoms with van der Waals surface area (Å²) in [7, 11) is 0. The fourth-order valence-corrected chi connectivity index (χ4v) is 3.66. The van der Waals surface area contributed by atoms with Gasteiger partial charge in [-0.25, -0.2) is 0 Å². The molecule has 21 heavy (non-hydrogen) atoms. The molecule has 2 nitrogen and oxygen atoms in total. The fourth-order valence-electron chi connectivity index (χ4n) is 3.66. The Morgan fingerprint density at radius 2 is 1.71 bits per heavy atom. The van der Waals surface area contributed by atoms with Crippen molar-refractivity contribution in [3.05, 3.63) is 48.0 Å². The highest BCUT2D eigenvalue weighted by atomic mass is 15.2. The van der Waals surface area contributed by atoms with Gasteiger partial charge in [0.25, 0.3) is 0 Å². The predicted molar refractivity (Wildman–Crippen MR) is 89.8 cm³/mol. The summed E-state index contributed by atoms with van der Waals surface area (Å²) in [6.45, 7) is 4.76. The van der Waals surface area contributed by atoms with Crippen LogP contribution in [-0.2, 0) is 0 Å². The number of rotatable bonds is 3. The molecular formula is C19H26N2. The van der Waals surface area contributed by atoms with Crippen LogP contribution in [0, 0.1) is 11.3 Å². The number of hydrogen-bond donors (Lipinski definition) is 2. The van der Waals surface area contributed by atoms with Gasteiger partial charge >= 0.3 is 0 Å². The molecule has 0 aromatic heterocycles. The molecule has 2 heteroatoms. The molecule has 3 N–H and O–H groups in total. The van der Waals surface area contributed by atoms with E-state index >= 15 is 0 Å². The van der Waals surface area contributed by atoms with E-state index in [9.17, 15) is 0 Å². The average Bonchev–Trinajstić information content (AvgIpc) is 2.49. The minimum absolute atomic E-state index is 0.269. The fraction of sp³-hybridized carbons (Fsp3) is 0.474. The lowest BCUT2D eigenvalue weighted by Crippen LogP contribution is -2.36. The first-order valence-electron chi connectivity index (χ1n) is 8.04. The third kappa shape index (κ3) is 3.12. The topological polar surface area (TPSA) is 38.0 Å². The summed E-state index contributed by atoms with van der Waals surface area (Å²) in [5.41, 5.74) is 4.90. The van der Waals surface area contributed by atoms with Crippen molar-refractivity contribution in [1.82, 2.24) is 5.43 Å². The first kappa shape index (κ1) is 14.6. The normalized spacial score (nSPS) is 20.5. The Balaban J connectivity index is 1.84. The SMILES string of the molecule is CC1(C)CCC(C(NN)c2ccc3ccccc3c2)CC1. The van der Waals surface area contributed by atoms with Crippen LogP contribution in [0.3, 0.4) is 0 Å². The number of nitrogens with two attached hydrogens (primary N) is 1. The molecule has 1 unspecified atom stereocenters. The Morgan fingerprint density at radius 3 is 2.38 bits per heavy atom. The van der Waals surface area contributed by atoms with E-state index in [2.05, 4.69) is 61.7 Å². The third-order valence-electron chi connectivity index (χ3n) is 5.17. The van der Waals surface area contributed by atoms with Gasteiger partial charge < -0.3 is 0 Å². The molecule has 0 amide bonds. The molecule has 2 aromatic carbocycles. The summed E-state index contributed by atoms with van der Waals surface area (Å²) in [6.07, 6.45) is 5.11. The summed E-state index contributed by atoms with van der Waals surface area (Å²) in [5, 5.41) is 2.59. The van der Waals surface area contributed by atoms with Gasteiger partial charge in [-0.1, -0.05) is 50.2 Å². The van der Waals surface area contributed by atoms with Crippen molar-refractivity contribution in [3.63, 3.8) is 0 Å². The van der Waals surface area contributed by atoms with E-state index in [-0.39, 0.29) is 6.04 Å². The largest absolute Gasteiger partial charge is 0.271 e. The standard InChI is InChI=1S/C19H26N2/c1-19(2)11-9-15(10-12-19)18(21-20)17-8-7-14-5-3-4-6-16(14)13-17/h3-8,13,15,18,21H,9-12,20H2,1-2H3. The second-order valence-electron chi connectivity index (χ2n) is 7.25. The van der Waals surface area contributed by atoms with Crippen LogP contribution < -0.4 is 11.3 Å². The van der Waals surface area contributed by atoms with Crippen molar-refractivity contribution < 1.29 is 0 Å². The molecule has 0 radical (unpaired) electrons. The van der Waals surface area contributed by atoms with Crippen molar-refractivity contribution in [2.75, 3.05) is 0 Å². The quantitative estimate of drug-likeness (QED) is 0.639. The zero-order valence-corrected chi connectivity index (χ0v) is 13.1. The molecule has 112 valence electrons. The van der Waals surface area contributed by atoms with Gasteiger partial charge in [0.1, 0.15) is 0 Å². The van der Waals surface area contributed by atoms with Gasteiger partial charge in [0, 0.05) is 6.04 Å². The molecule has 0 aliphatic heterocycles. The van der Waals surface area contributed by atoms with Crippen molar-refractivity contribution in [2.24, 2.45) is 17.2 Å². The Morgan fingerprint density at radius 1 is 1.05 bits per heavy atom.